The molecule has 0 saturated carbocycles. The van der Waals surface area contributed by atoms with Gasteiger partial charge in [-0.05, 0) is 30.7 Å². The van der Waals surface area contributed by atoms with E-state index >= 15 is 0 Å². The number of hydrogen-bond donors (Lipinski definition) is 1. The molecule has 0 amide bonds. The third kappa shape index (κ3) is 2.72. The lowest BCUT2D eigenvalue weighted by Gasteiger charge is -2.19. The van der Waals surface area contributed by atoms with E-state index in [1.807, 2.05) is 67.6 Å². The molecule has 4 heteroatoms. The quantitative estimate of drug-likeness (QED) is 0.554. The SMILES string of the molecule is Cc1[nH]c2ccccc2c1C(c1ccccc1)S(=O)(=O)c1ccccc1. The van der Waals surface area contributed by atoms with Crippen molar-refractivity contribution >= 4 is 20.7 Å². The Hall–Kier alpha value is -2.85. The van der Waals surface area contributed by atoms with Crippen molar-refractivity contribution in [2.24, 2.45) is 0 Å². The van der Waals surface area contributed by atoms with Gasteiger partial charge < -0.3 is 4.98 Å². The summed E-state index contributed by atoms with van der Waals surface area (Å²) in [6.07, 6.45) is 0. The molecule has 3 aromatic carbocycles. The van der Waals surface area contributed by atoms with Gasteiger partial charge in [-0.25, -0.2) is 8.42 Å². The van der Waals surface area contributed by atoms with Crippen molar-refractivity contribution in [1.29, 1.82) is 0 Å². The third-order valence-electron chi connectivity index (χ3n) is 4.69. The number of hydrogen-bond acceptors (Lipinski definition) is 2. The maximum atomic E-state index is 13.6. The van der Waals surface area contributed by atoms with E-state index in [2.05, 4.69) is 4.98 Å². The van der Waals surface area contributed by atoms with Crippen LogP contribution in [0.15, 0.2) is 89.8 Å². The van der Waals surface area contributed by atoms with E-state index in [0.29, 0.717) is 4.90 Å². The molecule has 130 valence electrons. The molecule has 26 heavy (non-hydrogen) atoms. The lowest BCUT2D eigenvalue weighted by atomic mass is 10.0. The molecule has 0 aliphatic carbocycles. The van der Waals surface area contributed by atoms with Crippen LogP contribution in [0.2, 0.25) is 0 Å². The Labute approximate surface area is 153 Å². The van der Waals surface area contributed by atoms with Crippen LogP contribution in [0.5, 0.6) is 0 Å². The molecule has 4 aromatic rings. The summed E-state index contributed by atoms with van der Waals surface area (Å²) < 4.78 is 27.2. The molecule has 4 rings (SSSR count). The summed E-state index contributed by atoms with van der Waals surface area (Å²) >= 11 is 0. The van der Waals surface area contributed by atoms with Gasteiger partial charge in [0, 0.05) is 22.2 Å². The van der Waals surface area contributed by atoms with Crippen LogP contribution in [0, 0.1) is 6.92 Å². The number of aryl methyl sites for hydroxylation is 1. The Bertz CT molecular complexity index is 1150. The maximum Gasteiger partial charge on any atom is 0.189 e. The van der Waals surface area contributed by atoms with E-state index in [9.17, 15) is 8.42 Å². The van der Waals surface area contributed by atoms with Crippen LogP contribution in [0.25, 0.3) is 10.9 Å². The second-order valence-corrected chi connectivity index (χ2v) is 8.39. The molecule has 0 saturated heterocycles. The smallest absolute Gasteiger partial charge is 0.189 e. The van der Waals surface area contributed by atoms with Crippen molar-refractivity contribution in [1.82, 2.24) is 4.98 Å². The predicted molar refractivity (Wildman–Crippen MR) is 105 cm³/mol. The molecule has 0 spiro atoms. The lowest BCUT2D eigenvalue weighted by Crippen LogP contribution is -2.16. The van der Waals surface area contributed by atoms with Gasteiger partial charge in [-0.1, -0.05) is 66.7 Å². The molecule has 0 fully saturated rings. The standard InChI is InChI=1S/C22H19NO2S/c1-16-21(19-14-8-9-15-20(19)23-16)22(17-10-4-2-5-11-17)26(24,25)18-12-6-3-7-13-18/h2-15,22-23H,1H3. The number of benzene rings is 3. The van der Waals surface area contributed by atoms with Gasteiger partial charge in [0.1, 0.15) is 5.25 Å². The van der Waals surface area contributed by atoms with Gasteiger partial charge in [-0.2, -0.15) is 0 Å². The molecule has 1 unspecified atom stereocenters. The highest BCUT2D eigenvalue weighted by molar-refractivity contribution is 7.92. The molecule has 0 aliphatic heterocycles. The van der Waals surface area contributed by atoms with E-state index in [1.165, 1.54) is 0 Å². The van der Waals surface area contributed by atoms with Crippen LogP contribution in [0.4, 0.5) is 0 Å². The number of H-pyrrole nitrogens is 1. The van der Waals surface area contributed by atoms with E-state index in [4.69, 9.17) is 0 Å². The molecule has 0 aliphatic rings. The summed E-state index contributed by atoms with van der Waals surface area (Å²) in [6.45, 7) is 1.94. The number of sulfone groups is 1. The number of nitrogens with one attached hydrogen (secondary N) is 1. The zero-order valence-electron chi connectivity index (χ0n) is 14.4. The Kier molecular flexibility index (Phi) is 4.13. The molecular weight excluding hydrogens is 342 g/mol. The van der Waals surface area contributed by atoms with Crippen molar-refractivity contribution in [3.05, 3.63) is 102 Å². The second-order valence-electron chi connectivity index (χ2n) is 6.36. The van der Waals surface area contributed by atoms with Crippen LogP contribution in [0.3, 0.4) is 0 Å². The minimum atomic E-state index is -3.61. The molecule has 0 bridgehead atoms. The fraction of sp³-hybridized carbons (Fsp3) is 0.0909. The van der Waals surface area contributed by atoms with Gasteiger partial charge in [0.2, 0.25) is 0 Å². The molecule has 1 heterocycles. The highest BCUT2D eigenvalue weighted by Crippen LogP contribution is 2.40. The fourth-order valence-electron chi connectivity index (χ4n) is 3.51. The Morgan fingerprint density at radius 1 is 0.769 bits per heavy atom. The summed E-state index contributed by atoms with van der Waals surface area (Å²) in [5.74, 6) is 0. The van der Waals surface area contributed by atoms with Crippen LogP contribution < -0.4 is 0 Å². The van der Waals surface area contributed by atoms with Crippen molar-refractivity contribution in [3.8, 4) is 0 Å². The number of rotatable bonds is 4. The van der Waals surface area contributed by atoms with Crippen molar-refractivity contribution in [2.45, 2.75) is 17.1 Å². The molecule has 3 nitrogen and oxygen atoms in total. The third-order valence-corrected chi connectivity index (χ3v) is 6.75. The summed E-state index contributed by atoms with van der Waals surface area (Å²) in [5.41, 5.74) is 3.41. The lowest BCUT2D eigenvalue weighted by molar-refractivity contribution is 0.589. The molecule has 1 aromatic heterocycles. The largest absolute Gasteiger partial charge is 0.358 e. The molecule has 1 N–H and O–H groups in total. The molecule has 1 atom stereocenters. The summed E-state index contributed by atoms with van der Waals surface area (Å²) in [6, 6.07) is 25.9. The highest BCUT2D eigenvalue weighted by atomic mass is 32.2. The first-order valence-electron chi connectivity index (χ1n) is 8.50. The van der Waals surface area contributed by atoms with Crippen molar-refractivity contribution in [3.63, 3.8) is 0 Å². The maximum absolute atomic E-state index is 13.6. The minimum absolute atomic E-state index is 0.332. The van der Waals surface area contributed by atoms with Crippen LogP contribution in [0.1, 0.15) is 22.1 Å². The van der Waals surface area contributed by atoms with Gasteiger partial charge in [-0.15, -0.1) is 0 Å². The summed E-state index contributed by atoms with van der Waals surface area (Å²) in [7, 11) is -3.61. The van der Waals surface area contributed by atoms with E-state index in [-0.39, 0.29) is 0 Å². The molecule has 0 radical (unpaired) electrons. The number of aromatic nitrogens is 1. The number of fused-ring (bicyclic) bond motifs is 1. The van der Waals surface area contributed by atoms with Crippen LogP contribution in [-0.2, 0) is 9.84 Å². The van der Waals surface area contributed by atoms with Gasteiger partial charge in [-0.3, -0.25) is 0 Å². The van der Waals surface area contributed by atoms with Gasteiger partial charge in [0.15, 0.2) is 9.84 Å². The average molecular weight is 361 g/mol. The Morgan fingerprint density at radius 2 is 1.35 bits per heavy atom. The zero-order valence-corrected chi connectivity index (χ0v) is 15.2. The van der Waals surface area contributed by atoms with Crippen LogP contribution in [-0.4, -0.2) is 13.4 Å². The average Bonchev–Trinajstić information content (AvgIpc) is 2.99. The van der Waals surface area contributed by atoms with Gasteiger partial charge in [0.05, 0.1) is 4.90 Å². The predicted octanol–water partition coefficient (Wildman–Crippen LogP) is 5.04. The van der Waals surface area contributed by atoms with E-state index in [0.717, 1.165) is 27.7 Å². The zero-order chi connectivity index (χ0) is 18.1. The van der Waals surface area contributed by atoms with Gasteiger partial charge in [0.25, 0.3) is 0 Å². The summed E-state index contributed by atoms with van der Waals surface area (Å²) in [4.78, 5) is 3.67. The normalized spacial score (nSPS) is 13.0. The van der Waals surface area contributed by atoms with E-state index in [1.54, 1.807) is 24.3 Å². The topological polar surface area (TPSA) is 49.9 Å². The number of aromatic amines is 1. The Morgan fingerprint density at radius 3 is 2.04 bits per heavy atom. The van der Waals surface area contributed by atoms with Crippen LogP contribution >= 0.6 is 0 Å². The first-order valence-corrected chi connectivity index (χ1v) is 10.0. The second kappa shape index (κ2) is 6.46. The first kappa shape index (κ1) is 16.6. The van der Waals surface area contributed by atoms with E-state index < -0.39 is 15.1 Å². The molecular formula is C22H19NO2S. The summed E-state index contributed by atoms with van der Waals surface area (Å²) in [5, 5.41) is 0.181. The first-order chi connectivity index (χ1) is 12.6. The Balaban J connectivity index is 2.03. The highest BCUT2D eigenvalue weighted by Gasteiger charge is 2.33. The van der Waals surface area contributed by atoms with Gasteiger partial charge >= 0.3 is 0 Å². The monoisotopic (exact) mass is 361 g/mol. The fourth-order valence-corrected chi connectivity index (χ4v) is 5.45. The van der Waals surface area contributed by atoms with Crippen molar-refractivity contribution in [2.75, 3.05) is 0 Å². The minimum Gasteiger partial charge on any atom is -0.358 e. The van der Waals surface area contributed by atoms with Crippen molar-refractivity contribution < 1.29 is 8.42 Å². The number of para-hydroxylation sites is 1.